The van der Waals surface area contributed by atoms with Gasteiger partial charge in [-0.1, -0.05) is 51.8 Å². The van der Waals surface area contributed by atoms with Gasteiger partial charge in [-0.15, -0.1) is 12.4 Å². The molecular weight excluding hydrogens is 321 g/mol. The van der Waals surface area contributed by atoms with Crippen molar-refractivity contribution in [1.82, 2.24) is 0 Å². The number of rotatable bonds is 2. The first-order chi connectivity index (χ1) is 7.70. The molecule has 0 aliphatic carbocycles. The van der Waals surface area contributed by atoms with Gasteiger partial charge in [-0.3, -0.25) is 0 Å². The predicted molar refractivity (Wildman–Crippen MR) is 79.7 cm³/mol. The van der Waals surface area contributed by atoms with E-state index in [9.17, 15) is 0 Å². The average Bonchev–Trinajstić information content (AvgIpc) is 2.27. The highest BCUT2D eigenvalue weighted by atomic mass is 79.9. The number of halogens is 3. The Hall–Kier alpha value is -0.540. The zero-order valence-corrected chi connectivity index (χ0v) is 12.1. The summed E-state index contributed by atoms with van der Waals surface area (Å²) in [6.07, 6.45) is 0. The quantitative estimate of drug-likeness (QED) is 0.851. The van der Waals surface area contributed by atoms with Gasteiger partial charge in [0, 0.05) is 16.0 Å². The fourth-order valence-corrected chi connectivity index (χ4v) is 2.55. The lowest BCUT2D eigenvalue weighted by atomic mass is 10.00. The molecule has 0 radical (unpaired) electrons. The Labute approximate surface area is 121 Å². The molecule has 2 N–H and O–H groups in total. The molecule has 0 heterocycles. The van der Waals surface area contributed by atoms with Crippen molar-refractivity contribution in [3.05, 3.63) is 57.5 Å². The zero-order valence-electron chi connectivity index (χ0n) is 8.99. The largest absolute Gasteiger partial charge is 0.326 e. The summed E-state index contributed by atoms with van der Waals surface area (Å²) >= 11 is 9.48. The van der Waals surface area contributed by atoms with Crippen molar-refractivity contribution < 1.29 is 0 Å². The van der Waals surface area contributed by atoms with Crippen molar-refractivity contribution in [2.75, 3.05) is 0 Å². The molecule has 0 aliphatic rings. The van der Waals surface area contributed by atoms with Gasteiger partial charge >= 0.3 is 0 Å². The monoisotopic (exact) mass is 331 g/mol. The second-order valence-electron chi connectivity index (χ2n) is 3.52. The second kappa shape index (κ2) is 6.41. The minimum atomic E-state index is 0. The Morgan fingerprint density at radius 2 is 1.82 bits per heavy atom. The molecule has 17 heavy (non-hydrogen) atoms. The van der Waals surface area contributed by atoms with Crippen molar-refractivity contribution in [1.29, 1.82) is 0 Å². The molecule has 0 aromatic heterocycles. The SMILES string of the molecule is Cl.NCc1ccccc1-c1cc(Cl)cc(Br)c1. The molecule has 4 heteroatoms. The molecular formula is C13H12BrCl2N. The fourth-order valence-electron chi connectivity index (χ4n) is 1.69. The number of hydrogen-bond acceptors (Lipinski definition) is 1. The standard InChI is InChI=1S/C13H11BrClN.ClH/c14-11-5-10(6-12(15)7-11)13-4-2-1-3-9(13)8-16;/h1-7H,8,16H2;1H. The van der Waals surface area contributed by atoms with Crippen molar-refractivity contribution in [2.24, 2.45) is 5.73 Å². The molecule has 0 atom stereocenters. The minimum absolute atomic E-state index is 0. The van der Waals surface area contributed by atoms with E-state index < -0.39 is 0 Å². The third kappa shape index (κ3) is 3.46. The number of hydrogen-bond donors (Lipinski definition) is 1. The van der Waals surface area contributed by atoms with Crippen LogP contribution in [0, 0.1) is 0 Å². The van der Waals surface area contributed by atoms with Crippen LogP contribution in [-0.4, -0.2) is 0 Å². The summed E-state index contributed by atoms with van der Waals surface area (Å²) in [5.41, 5.74) is 9.06. The van der Waals surface area contributed by atoms with E-state index in [1.807, 2.05) is 36.4 Å². The van der Waals surface area contributed by atoms with Crippen LogP contribution in [0.3, 0.4) is 0 Å². The lowest BCUT2D eigenvalue weighted by molar-refractivity contribution is 1.07. The summed E-state index contributed by atoms with van der Waals surface area (Å²) < 4.78 is 0.974. The summed E-state index contributed by atoms with van der Waals surface area (Å²) in [7, 11) is 0. The summed E-state index contributed by atoms with van der Waals surface area (Å²) in [5, 5.41) is 0.719. The normalized spacial score (nSPS) is 9.82. The Balaban J connectivity index is 0.00000144. The lowest BCUT2D eigenvalue weighted by Gasteiger charge is -2.08. The summed E-state index contributed by atoms with van der Waals surface area (Å²) in [4.78, 5) is 0. The van der Waals surface area contributed by atoms with Gasteiger partial charge in [0.05, 0.1) is 0 Å². The topological polar surface area (TPSA) is 26.0 Å². The highest BCUT2D eigenvalue weighted by Gasteiger charge is 2.04. The van der Waals surface area contributed by atoms with Crippen LogP contribution in [-0.2, 0) is 6.54 Å². The predicted octanol–water partition coefficient (Wildman–Crippen LogP) is 4.65. The van der Waals surface area contributed by atoms with Gasteiger partial charge in [0.1, 0.15) is 0 Å². The third-order valence-electron chi connectivity index (χ3n) is 2.41. The molecule has 1 nitrogen and oxygen atoms in total. The Morgan fingerprint density at radius 3 is 2.47 bits per heavy atom. The first kappa shape index (κ1) is 14.5. The molecule has 0 bridgehead atoms. The van der Waals surface area contributed by atoms with Crippen LogP contribution in [0.1, 0.15) is 5.56 Å². The Bertz CT molecular complexity index is 494. The van der Waals surface area contributed by atoms with Crippen LogP contribution in [0.2, 0.25) is 5.02 Å². The number of benzene rings is 2. The van der Waals surface area contributed by atoms with Gasteiger partial charge in [0.15, 0.2) is 0 Å². The molecule has 2 aromatic rings. The molecule has 0 unspecified atom stereocenters. The van der Waals surface area contributed by atoms with E-state index in [-0.39, 0.29) is 12.4 Å². The first-order valence-corrected chi connectivity index (χ1v) is 6.12. The van der Waals surface area contributed by atoms with Gasteiger partial charge < -0.3 is 5.73 Å². The van der Waals surface area contributed by atoms with Gasteiger partial charge in [-0.05, 0) is 34.9 Å². The van der Waals surface area contributed by atoms with E-state index in [1.165, 1.54) is 0 Å². The van der Waals surface area contributed by atoms with Crippen LogP contribution < -0.4 is 5.73 Å². The maximum Gasteiger partial charge on any atom is 0.0423 e. The summed E-state index contributed by atoms with van der Waals surface area (Å²) in [6.45, 7) is 0.528. The third-order valence-corrected chi connectivity index (χ3v) is 3.09. The Morgan fingerprint density at radius 1 is 1.12 bits per heavy atom. The Kier molecular flexibility index (Phi) is 5.47. The van der Waals surface area contributed by atoms with Crippen molar-refractivity contribution in [3.63, 3.8) is 0 Å². The molecule has 2 aromatic carbocycles. The fraction of sp³-hybridized carbons (Fsp3) is 0.0769. The zero-order chi connectivity index (χ0) is 11.5. The highest BCUT2D eigenvalue weighted by molar-refractivity contribution is 9.10. The molecule has 0 fully saturated rings. The second-order valence-corrected chi connectivity index (χ2v) is 4.87. The van der Waals surface area contributed by atoms with Crippen molar-refractivity contribution in [2.45, 2.75) is 6.54 Å². The summed E-state index contributed by atoms with van der Waals surface area (Å²) in [5.74, 6) is 0. The number of nitrogens with two attached hydrogens (primary N) is 1. The van der Waals surface area contributed by atoms with E-state index >= 15 is 0 Å². The molecule has 0 spiro atoms. The van der Waals surface area contributed by atoms with Gasteiger partial charge in [-0.25, -0.2) is 0 Å². The van der Waals surface area contributed by atoms with Crippen LogP contribution in [0.5, 0.6) is 0 Å². The van der Waals surface area contributed by atoms with E-state index in [1.54, 1.807) is 0 Å². The highest BCUT2D eigenvalue weighted by Crippen LogP contribution is 2.29. The van der Waals surface area contributed by atoms with E-state index in [0.29, 0.717) is 6.54 Å². The van der Waals surface area contributed by atoms with Crippen LogP contribution >= 0.6 is 39.9 Å². The van der Waals surface area contributed by atoms with Gasteiger partial charge in [0.2, 0.25) is 0 Å². The lowest BCUT2D eigenvalue weighted by Crippen LogP contribution is -1.98. The maximum absolute atomic E-state index is 6.03. The average molecular weight is 333 g/mol. The maximum atomic E-state index is 6.03. The molecule has 0 saturated heterocycles. The molecule has 0 aliphatic heterocycles. The molecule has 90 valence electrons. The van der Waals surface area contributed by atoms with E-state index in [2.05, 4.69) is 22.0 Å². The molecule has 2 rings (SSSR count). The smallest absolute Gasteiger partial charge is 0.0423 e. The van der Waals surface area contributed by atoms with E-state index in [4.69, 9.17) is 17.3 Å². The molecule has 0 amide bonds. The van der Waals surface area contributed by atoms with Gasteiger partial charge in [-0.2, -0.15) is 0 Å². The van der Waals surface area contributed by atoms with Crippen LogP contribution in [0.15, 0.2) is 46.9 Å². The van der Waals surface area contributed by atoms with Crippen molar-refractivity contribution >= 4 is 39.9 Å². The van der Waals surface area contributed by atoms with Crippen LogP contribution in [0.25, 0.3) is 11.1 Å². The minimum Gasteiger partial charge on any atom is -0.326 e. The first-order valence-electron chi connectivity index (χ1n) is 4.95. The van der Waals surface area contributed by atoms with Gasteiger partial charge in [0.25, 0.3) is 0 Å². The van der Waals surface area contributed by atoms with E-state index in [0.717, 1.165) is 26.2 Å². The molecule has 0 saturated carbocycles. The van der Waals surface area contributed by atoms with Crippen LogP contribution in [0.4, 0.5) is 0 Å². The summed E-state index contributed by atoms with van der Waals surface area (Å²) in [6, 6.07) is 13.9. The van der Waals surface area contributed by atoms with Crippen molar-refractivity contribution in [3.8, 4) is 11.1 Å².